The van der Waals surface area contributed by atoms with Crippen LogP contribution in [0.2, 0.25) is 0 Å². The summed E-state index contributed by atoms with van der Waals surface area (Å²) < 4.78 is 6.06. The summed E-state index contributed by atoms with van der Waals surface area (Å²) in [4.78, 5) is 2.64. The van der Waals surface area contributed by atoms with Crippen molar-refractivity contribution in [1.29, 1.82) is 0 Å². The summed E-state index contributed by atoms with van der Waals surface area (Å²) in [6.07, 6.45) is 5.11. The molecule has 3 nitrogen and oxygen atoms in total. The molecule has 0 amide bonds. The van der Waals surface area contributed by atoms with E-state index in [0.29, 0.717) is 12.6 Å². The van der Waals surface area contributed by atoms with Gasteiger partial charge in [0.05, 0.1) is 0 Å². The summed E-state index contributed by atoms with van der Waals surface area (Å²) in [5, 5.41) is 3.47. The molecule has 3 rings (SSSR count). The van der Waals surface area contributed by atoms with Crippen molar-refractivity contribution in [2.75, 3.05) is 26.2 Å². The van der Waals surface area contributed by atoms with Crippen LogP contribution in [0.15, 0.2) is 54.6 Å². The van der Waals surface area contributed by atoms with Crippen LogP contribution in [0.25, 0.3) is 0 Å². The minimum atomic E-state index is 0.504. The molecule has 3 heteroatoms. The van der Waals surface area contributed by atoms with Gasteiger partial charge in [-0.1, -0.05) is 68.7 Å². The first-order valence-corrected chi connectivity index (χ1v) is 10.1. The molecule has 2 aromatic carbocycles. The molecule has 1 heterocycles. The Hall–Kier alpha value is -1.84. The Morgan fingerprint density at radius 1 is 1.00 bits per heavy atom. The lowest BCUT2D eigenvalue weighted by atomic mass is 9.98. The number of nitrogens with zero attached hydrogens (tertiary/aromatic N) is 1. The highest BCUT2D eigenvalue weighted by Crippen LogP contribution is 2.29. The first-order chi connectivity index (χ1) is 12.9. The van der Waals surface area contributed by atoms with Gasteiger partial charge in [0.2, 0.25) is 0 Å². The molecule has 0 saturated carbocycles. The molecule has 1 N–H and O–H groups in total. The van der Waals surface area contributed by atoms with Gasteiger partial charge in [-0.2, -0.15) is 0 Å². The Bertz CT molecular complexity index is 638. The van der Waals surface area contributed by atoms with Gasteiger partial charge in [-0.05, 0) is 29.7 Å². The average molecular weight is 353 g/mol. The molecule has 0 radical (unpaired) electrons. The molecule has 1 atom stereocenters. The van der Waals surface area contributed by atoms with Gasteiger partial charge in [0.1, 0.15) is 12.4 Å². The minimum absolute atomic E-state index is 0.504. The molecule has 0 aliphatic carbocycles. The van der Waals surface area contributed by atoms with Gasteiger partial charge in [0, 0.05) is 32.2 Å². The first kappa shape index (κ1) is 18.9. The third-order valence-electron chi connectivity index (χ3n) is 5.16. The molecule has 0 spiro atoms. The lowest BCUT2D eigenvalue weighted by Crippen LogP contribution is -2.45. The third-order valence-corrected chi connectivity index (χ3v) is 5.16. The highest BCUT2D eigenvalue weighted by Gasteiger charge is 2.22. The van der Waals surface area contributed by atoms with E-state index in [4.69, 9.17) is 4.74 Å². The van der Waals surface area contributed by atoms with Crippen LogP contribution in [-0.4, -0.2) is 31.1 Å². The van der Waals surface area contributed by atoms with Crippen LogP contribution in [0, 0.1) is 0 Å². The van der Waals surface area contributed by atoms with Crippen molar-refractivity contribution >= 4 is 0 Å². The largest absolute Gasteiger partial charge is 0.489 e. The Balaban J connectivity index is 1.68. The third kappa shape index (κ3) is 5.58. The molecule has 1 saturated heterocycles. The van der Waals surface area contributed by atoms with Crippen molar-refractivity contribution in [1.82, 2.24) is 10.2 Å². The van der Waals surface area contributed by atoms with Gasteiger partial charge in [-0.25, -0.2) is 0 Å². The smallest absolute Gasteiger partial charge is 0.120 e. The van der Waals surface area contributed by atoms with Crippen LogP contribution in [0.3, 0.4) is 0 Å². The number of hydrogen-bond donors (Lipinski definition) is 1. The average Bonchev–Trinajstić information content (AvgIpc) is 2.71. The van der Waals surface area contributed by atoms with Gasteiger partial charge in [0.15, 0.2) is 0 Å². The van der Waals surface area contributed by atoms with Gasteiger partial charge in [-0.15, -0.1) is 0 Å². The fraction of sp³-hybridized carbons (Fsp3) is 0.478. The van der Waals surface area contributed by atoms with Crippen molar-refractivity contribution in [3.63, 3.8) is 0 Å². The summed E-state index contributed by atoms with van der Waals surface area (Å²) in [5.41, 5.74) is 2.60. The van der Waals surface area contributed by atoms with Crippen molar-refractivity contribution < 1.29 is 4.74 Å². The highest BCUT2D eigenvalue weighted by atomic mass is 16.5. The second-order valence-corrected chi connectivity index (χ2v) is 7.14. The first-order valence-electron chi connectivity index (χ1n) is 10.1. The number of nitrogens with one attached hydrogen (secondary N) is 1. The van der Waals surface area contributed by atoms with Crippen LogP contribution in [-0.2, 0) is 6.61 Å². The zero-order valence-electron chi connectivity index (χ0n) is 16.0. The molecule has 26 heavy (non-hydrogen) atoms. The standard InChI is InChI=1S/C23H32N2O/c1-2-3-5-13-23(25-16-14-24-15-17-25)21-11-8-12-22(18-21)26-19-20-9-6-4-7-10-20/h4,6-12,18,23-24H,2-3,5,13-17,19H2,1H3/t23-/m1/s1. The van der Waals surface area contributed by atoms with Crippen LogP contribution in [0.1, 0.15) is 49.8 Å². The van der Waals surface area contributed by atoms with Crippen LogP contribution >= 0.6 is 0 Å². The fourth-order valence-electron chi connectivity index (χ4n) is 3.69. The molecular formula is C23H32N2O. The van der Waals surface area contributed by atoms with E-state index < -0.39 is 0 Å². The molecule has 1 aliphatic heterocycles. The van der Waals surface area contributed by atoms with Gasteiger partial charge in [0.25, 0.3) is 0 Å². The number of piperazine rings is 1. The van der Waals surface area contributed by atoms with Crippen LogP contribution < -0.4 is 10.1 Å². The number of unbranched alkanes of at least 4 members (excludes halogenated alkanes) is 2. The SMILES string of the molecule is CCCCC[C@H](c1cccc(OCc2ccccc2)c1)N1CCNCC1. The van der Waals surface area contributed by atoms with E-state index in [1.807, 2.05) is 6.07 Å². The number of hydrogen-bond acceptors (Lipinski definition) is 3. The van der Waals surface area contributed by atoms with E-state index in [-0.39, 0.29) is 0 Å². The summed E-state index contributed by atoms with van der Waals surface area (Å²) in [6, 6.07) is 19.6. The van der Waals surface area contributed by atoms with E-state index in [1.165, 1.54) is 36.8 Å². The van der Waals surface area contributed by atoms with Crippen LogP contribution in [0.5, 0.6) is 5.75 Å². The van der Waals surface area contributed by atoms with Crippen molar-refractivity contribution in [3.8, 4) is 5.75 Å². The lowest BCUT2D eigenvalue weighted by Gasteiger charge is -2.35. The van der Waals surface area contributed by atoms with Gasteiger partial charge in [-0.3, -0.25) is 4.90 Å². The van der Waals surface area contributed by atoms with Crippen molar-refractivity contribution in [2.45, 2.75) is 45.3 Å². The lowest BCUT2D eigenvalue weighted by molar-refractivity contribution is 0.162. The van der Waals surface area contributed by atoms with E-state index in [0.717, 1.165) is 31.9 Å². The molecule has 1 aliphatic rings. The molecule has 140 valence electrons. The summed E-state index contributed by atoms with van der Waals surface area (Å²) in [6.45, 7) is 7.34. The molecule has 1 fully saturated rings. The highest BCUT2D eigenvalue weighted by molar-refractivity contribution is 5.31. The maximum absolute atomic E-state index is 6.06. The van der Waals surface area contributed by atoms with E-state index in [1.54, 1.807) is 0 Å². The predicted octanol–water partition coefficient (Wildman–Crippen LogP) is 4.79. The van der Waals surface area contributed by atoms with E-state index in [2.05, 4.69) is 65.7 Å². The maximum Gasteiger partial charge on any atom is 0.120 e. The van der Waals surface area contributed by atoms with Crippen molar-refractivity contribution in [2.24, 2.45) is 0 Å². The zero-order chi connectivity index (χ0) is 18.0. The van der Waals surface area contributed by atoms with Crippen molar-refractivity contribution in [3.05, 3.63) is 65.7 Å². The molecule has 0 bridgehead atoms. The monoisotopic (exact) mass is 352 g/mol. The normalized spacial score (nSPS) is 16.3. The second-order valence-electron chi connectivity index (χ2n) is 7.14. The summed E-state index contributed by atoms with van der Waals surface area (Å²) in [7, 11) is 0. The van der Waals surface area contributed by atoms with E-state index in [9.17, 15) is 0 Å². The van der Waals surface area contributed by atoms with E-state index >= 15 is 0 Å². The predicted molar refractivity (Wildman–Crippen MR) is 109 cm³/mol. The molecule has 0 aromatic heterocycles. The zero-order valence-corrected chi connectivity index (χ0v) is 16.0. The molecular weight excluding hydrogens is 320 g/mol. The summed E-state index contributed by atoms with van der Waals surface area (Å²) >= 11 is 0. The second kappa shape index (κ2) is 10.3. The van der Waals surface area contributed by atoms with Gasteiger partial charge < -0.3 is 10.1 Å². The van der Waals surface area contributed by atoms with Crippen LogP contribution in [0.4, 0.5) is 0 Å². The Morgan fingerprint density at radius 3 is 2.58 bits per heavy atom. The van der Waals surface area contributed by atoms with Gasteiger partial charge >= 0.3 is 0 Å². The molecule has 2 aromatic rings. The number of rotatable bonds is 9. The number of ether oxygens (including phenoxy) is 1. The Kier molecular flexibility index (Phi) is 7.53. The topological polar surface area (TPSA) is 24.5 Å². The number of benzene rings is 2. The Labute approximate surface area is 158 Å². The maximum atomic E-state index is 6.06. The molecule has 0 unspecified atom stereocenters. The minimum Gasteiger partial charge on any atom is -0.489 e. The fourth-order valence-corrected chi connectivity index (χ4v) is 3.69. The Morgan fingerprint density at radius 2 is 1.81 bits per heavy atom. The summed E-state index contributed by atoms with van der Waals surface area (Å²) in [5.74, 6) is 0.974. The quantitative estimate of drug-likeness (QED) is 0.657.